The van der Waals surface area contributed by atoms with Crippen molar-refractivity contribution in [2.24, 2.45) is 5.73 Å². The van der Waals surface area contributed by atoms with E-state index in [1.165, 1.54) is 12.1 Å². The number of aromatic nitrogens is 3. The van der Waals surface area contributed by atoms with Gasteiger partial charge in [0.1, 0.15) is 27.6 Å². The van der Waals surface area contributed by atoms with Crippen LogP contribution in [-0.4, -0.2) is 29.5 Å². The highest BCUT2D eigenvalue weighted by atomic mass is 35.5. The second kappa shape index (κ2) is 8.81. The van der Waals surface area contributed by atoms with Gasteiger partial charge in [-0.25, -0.2) is 27.7 Å². The van der Waals surface area contributed by atoms with Crippen molar-refractivity contribution in [1.29, 1.82) is 0 Å². The Morgan fingerprint density at radius 2 is 1.97 bits per heavy atom. The average molecular weight is 484 g/mol. The maximum Gasteiger partial charge on any atom is 0.434 e. The molecular weight excluding hydrogens is 465 g/mol. The number of nitrogens with one attached hydrogen (secondary N) is 2. The number of nitrogens with zero attached hydrogens (tertiary/aromatic N) is 2. The van der Waals surface area contributed by atoms with E-state index in [0.29, 0.717) is 5.56 Å². The third-order valence-corrected chi connectivity index (χ3v) is 6.72. The van der Waals surface area contributed by atoms with Crippen molar-refractivity contribution in [2.45, 2.75) is 37.6 Å². The number of hydrogen-bond donors (Lipinski definition) is 3. The van der Waals surface area contributed by atoms with Crippen LogP contribution in [0.3, 0.4) is 0 Å². The minimum Gasteiger partial charge on any atom is -0.391 e. The summed E-state index contributed by atoms with van der Waals surface area (Å²) < 4.78 is 48.4. The van der Waals surface area contributed by atoms with E-state index in [9.17, 15) is 22.4 Å². The molecule has 10 nitrogen and oxygen atoms in total. The van der Waals surface area contributed by atoms with Crippen molar-refractivity contribution in [3.63, 3.8) is 0 Å². The number of pyridine rings is 1. The molecule has 4 N–H and O–H groups in total. The van der Waals surface area contributed by atoms with Gasteiger partial charge in [0.05, 0.1) is 0 Å². The molecule has 170 valence electrons. The molecule has 3 aromatic rings. The molecule has 0 saturated heterocycles. The van der Waals surface area contributed by atoms with Crippen LogP contribution in [0.15, 0.2) is 38.4 Å². The standard InChI is InChI=1S/C19H19ClFN5O5S/c1-8-4-5-11(21)14(9(8)2)10(3)15(18-24-25-19(28)31-18)26-32(29,30)12-6-7-13(20)23-16(12)17(22)27/h4-7,10,15,26H,1-3H3,(H2,22,27)(H,25,28). The van der Waals surface area contributed by atoms with Crippen molar-refractivity contribution >= 4 is 27.5 Å². The number of halogens is 2. The lowest BCUT2D eigenvalue weighted by atomic mass is 9.88. The number of aromatic amines is 1. The number of sulfonamides is 1. The smallest absolute Gasteiger partial charge is 0.391 e. The van der Waals surface area contributed by atoms with Gasteiger partial charge in [0.25, 0.3) is 5.91 Å². The summed E-state index contributed by atoms with van der Waals surface area (Å²) in [5, 5.41) is 5.63. The number of hydrogen-bond acceptors (Lipinski definition) is 7. The van der Waals surface area contributed by atoms with E-state index >= 15 is 0 Å². The van der Waals surface area contributed by atoms with E-state index in [-0.39, 0.29) is 16.6 Å². The van der Waals surface area contributed by atoms with E-state index < -0.39 is 50.1 Å². The highest BCUT2D eigenvalue weighted by Gasteiger charge is 2.35. The summed E-state index contributed by atoms with van der Waals surface area (Å²) in [4.78, 5) is 26.4. The predicted octanol–water partition coefficient (Wildman–Crippen LogP) is 2.09. The summed E-state index contributed by atoms with van der Waals surface area (Å²) in [6, 6.07) is 3.74. The van der Waals surface area contributed by atoms with Crippen LogP contribution in [0.2, 0.25) is 5.15 Å². The summed E-state index contributed by atoms with van der Waals surface area (Å²) >= 11 is 5.76. The number of nitrogens with two attached hydrogens (primary N) is 1. The lowest BCUT2D eigenvalue weighted by Gasteiger charge is -2.25. The molecule has 3 rings (SSSR count). The Balaban J connectivity index is 2.14. The number of aryl methyl sites for hydroxylation is 1. The van der Waals surface area contributed by atoms with Crippen molar-refractivity contribution in [1.82, 2.24) is 19.9 Å². The molecule has 2 aromatic heterocycles. The van der Waals surface area contributed by atoms with Crippen LogP contribution in [0.25, 0.3) is 0 Å². The normalized spacial score (nSPS) is 13.7. The first-order valence-corrected chi connectivity index (χ1v) is 11.1. The van der Waals surface area contributed by atoms with Crippen LogP contribution in [0.5, 0.6) is 0 Å². The Bertz CT molecular complexity index is 1350. The van der Waals surface area contributed by atoms with Crippen molar-refractivity contribution in [2.75, 3.05) is 0 Å². The van der Waals surface area contributed by atoms with Gasteiger partial charge in [0.15, 0.2) is 0 Å². The molecule has 0 aliphatic heterocycles. The minimum absolute atomic E-state index is 0.140. The first kappa shape index (κ1) is 23.6. The molecule has 1 aromatic carbocycles. The van der Waals surface area contributed by atoms with Gasteiger partial charge < -0.3 is 10.2 Å². The zero-order valence-corrected chi connectivity index (χ0v) is 18.7. The summed E-state index contributed by atoms with van der Waals surface area (Å²) in [5.41, 5.74) is 6.23. The molecule has 1 amide bonds. The lowest BCUT2D eigenvalue weighted by Crippen LogP contribution is -2.34. The fourth-order valence-corrected chi connectivity index (χ4v) is 4.88. The molecule has 0 bridgehead atoms. The third kappa shape index (κ3) is 4.56. The van der Waals surface area contributed by atoms with E-state index in [1.807, 2.05) is 0 Å². The van der Waals surface area contributed by atoms with Crippen molar-refractivity contribution in [3.8, 4) is 0 Å². The first-order chi connectivity index (χ1) is 14.9. The number of amides is 1. The molecule has 0 fully saturated rings. The van der Waals surface area contributed by atoms with E-state index in [1.54, 1.807) is 26.8 Å². The fourth-order valence-electron chi connectivity index (χ4n) is 3.32. The fraction of sp³-hybridized carbons (Fsp3) is 0.263. The van der Waals surface area contributed by atoms with Crippen LogP contribution in [0, 0.1) is 19.7 Å². The molecule has 0 aliphatic carbocycles. The molecule has 32 heavy (non-hydrogen) atoms. The van der Waals surface area contributed by atoms with Crippen molar-refractivity contribution in [3.05, 3.63) is 74.1 Å². The minimum atomic E-state index is -4.49. The molecule has 0 aliphatic rings. The SMILES string of the molecule is Cc1ccc(F)c(C(C)C(NS(=O)(=O)c2ccc(Cl)nc2C(N)=O)c2n[nH]c(=O)o2)c1C. The first-order valence-electron chi connectivity index (χ1n) is 9.22. The Labute approximate surface area is 187 Å². The van der Waals surface area contributed by atoms with Gasteiger partial charge in [0.2, 0.25) is 15.9 Å². The third-order valence-electron chi connectivity index (χ3n) is 5.04. The largest absolute Gasteiger partial charge is 0.434 e. The molecule has 2 atom stereocenters. The number of rotatable bonds is 7. The Kier molecular flexibility index (Phi) is 6.49. The summed E-state index contributed by atoms with van der Waals surface area (Å²) in [7, 11) is -4.49. The second-order valence-corrected chi connectivity index (χ2v) is 9.16. The Hall–Kier alpha value is -3.09. The van der Waals surface area contributed by atoms with E-state index in [4.69, 9.17) is 21.8 Å². The zero-order chi connectivity index (χ0) is 23.8. The van der Waals surface area contributed by atoms with Gasteiger partial charge >= 0.3 is 5.76 Å². The van der Waals surface area contributed by atoms with Crippen molar-refractivity contribution < 1.29 is 22.0 Å². The van der Waals surface area contributed by atoms with E-state index in [2.05, 4.69) is 19.9 Å². The summed E-state index contributed by atoms with van der Waals surface area (Å²) in [6.45, 7) is 5.00. The Morgan fingerprint density at radius 1 is 1.28 bits per heavy atom. The van der Waals surface area contributed by atoms with Gasteiger partial charge in [-0.15, -0.1) is 5.10 Å². The zero-order valence-electron chi connectivity index (χ0n) is 17.1. The van der Waals surface area contributed by atoms with Crippen LogP contribution in [-0.2, 0) is 10.0 Å². The van der Waals surface area contributed by atoms with Crippen LogP contribution < -0.4 is 16.2 Å². The number of carbonyl (C=O) groups excluding carboxylic acids is 1. The number of carbonyl (C=O) groups is 1. The quantitative estimate of drug-likeness (QED) is 0.433. The molecule has 0 radical (unpaired) electrons. The summed E-state index contributed by atoms with van der Waals surface area (Å²) in [5.74, 6) is -3.83. The highest BCUT2D eigenvalue weighted by Crippen LogP contribution is 2.35. The van der Waals surface area contributed by atoms with Gasteiger partial charge in [-0.3, -0.25) is 4.79 Å². The second-order valence-electron chi connectivity index (χ2n) is 7.09. The number of H-pyrrole nitrogens is 1. The molecule has 0 saturated carbocycles. The van der Waals surface area contributed by atoms with Gasteiger partial charge in [-0.1, -0.05) is 24.6 Å². The molecule has 2 unspecified atom stereocenters. The molecule has 2 heterocycles. The monoisotopic (exact) mass is 483 g/mol. The summed E-state index contributed by atoms with van der Waals surface area (Å²) in [6.07, 6.45) is 0. The lowest BCUT2D eigenvalue weighted by molar-refractivity contribution is 0.0992. The molecule has 0 spiro atoms. The maximum atomic E-state index is 14.7. The molecule has 13 heteroatoms. The highest BCUT2D eigenvalue weighted by molar-refractivity contribution is 7.89. The average Bonchev–Trinajstić information content (AvgIpc) is 3.15. The van der Waals surface area contributed by atoms with Crippen LogP contribution >= 0.6 is 11.6 Å². The van der Waals surface area contributed by atoms with Gasteiger partial charge in [-0.2, -0.15) is 4.72 Å². The predicted molar refractivity (Wildman–Crippen MR) is 112 cm³/mol. The topological polar surface area (TPSA) is 161 Å². The van der Waals surface area contributed by atoms with Gasteiger partial charge in [-0.05, 0) is 48.7 Å². The number of benzene rings is 1. The van der Waals surface area contributed by atoms with Crippen LogP contribution in [0.4, 0.5) is 4.39 Å². The van der Waals surface area contributed by atoms with Gasteiger partial charge in [0, 0.05) is 5.92 Å². The van der Waals surface area contributed by atoms with E-state index in [0.717, 1.165) is 11.6 Å². The number of primary amides is 1. The Morgan fingerprint density at radius 3 is 2.56 bits per heavy atom. The maximum absolute atomic E-state index is 14.7. The van der Waals surface area contributed by atoms with Crippen LogP contribution in [0.1, 0.15) is 52.0 Å². The molecular formula is C19H19ClFN5O5S.